The van der Waals surface area contributed by atoms with Gasteiger partial charge in [-0.1, -0.05) is 18.2 Å². The van der Waals surface area contributed by atoms with Crippen LogP contribution in [-0.4, -0.2) is 49.2 Å². The molecular formula is C22H23N5O2. The quantitative estimate of drug-likeness (QED) is 0.469. The van der Waals surface area contributed by atoms with Crippen molar-refractivity contribution in [1.82, 2.24) is 25.1 Å². The highest BCUT2D eigenvalue weighted by atomic mass is 16.3. The summed E-state index contributed by atoms with van der Waals surface area (Å²) in [5, 5.41) is 17.0. The number of H-pyrrole nitrogens is 2. The number of rotatable bonds is 6. The first-order valence-electron chi connectivity index (χ1n) is 9.63. The van der Waals surface area contributed by atoms with Gasteiger partial charge in [0.2, 0.25) is 0 Å². The van der Waals surface area contributed by atoms with E-state index in [9.17, 15) is 9.90 Å². The fraction of sp³-hybridized carbons (Fsp3) is 0.227. The van der Waals surface area contributed by atoms with Gasteiger partial charge in [-0.25, -0.2) is 4.98 Å². The Hall–Kier alpha value is -3.61. The first-order valence-corrected chi connectivity index (χ1v) is 9.63. The molecule has 0 bridgehead atoms. The summed E-state index contributed by atoms with van der Waals surface area (Å²) in [6.07, 6.45) is 0.633. The number of fused-ring (bicyclic) bond motifs is 1. The van der Waals surface area contributed by atoms with Crippen molar-refractivity contribution in [3.05, 3.63) is 65.6 Å². The van der Waals surface area contributed by atoms with Crippen molar-refractivity contribution < 1.29 is 9.90 Å². The number of benzene rings is 2. The highest BCUT2D eigenvalue weighted by Crippen LogP contribution is 2.27. The van der Waals surface area contributed by atoms with E-state index in [0.29, 0.717) is 36.5 Å². The number of hydrogen-bond donors (Lipinski definition) is 3. The summed E-state index contributed by atoms with van der Waals surface area (Å²) < 4.78 is 0. The second kappa shape index (κ2) is 7.79. The molecule has 2 aromatic heterocycles. The molecule has 0 unspecified atom stereocenters. The van der Waals surface area contributed by atoms with Crippen LogP contribution in [0.4, 0.5) is 0 Å². The van der Waals surface area contributed by atoms with Crippen LogP contribution >= 0.6 is 0 Å². The van der Waals surface area contributed by atoms with Gasteiger partial charge in [0, 0.05) is 25.1 Å². The molecule has 0 saturated carbocycles. The number of nitrogens with zero attached hydrogens (tertiary/aromatic N) is 3. The summed E-state index contributed by atoms with van der Waals surface area (Å²) in [5.74, 6) is 0.857. The molecule has 7 heteroatoms. The number of carbonyl (C=O) groups excluding carboxylic acids is 1. The Kier molecular flexibility index (Phi) is 5.03. The third kappa shape index (κ3) is 3.85. The molecule has 0 saturated heterocycles. The Morgan fingerprint density at radius 1 is 1.17 bits per heavy atom. The smallest absolute Gasteiger partial charge is 0.271 e. The number of phenolic OH excluding ortho intramolecular Hbond substituents is 1. The maximum Gasteiger partial charge on any atom is 0.271 e. The molecule has 0 aliphatic rings. The van der Waals surface area contributed by atoms with Crippen molar-refractivity contribution in [3.63, 3.8) is 0 Å². The fourth-order valence-electron chi connectivity index (χ4n) is 3.37. The number of aryl methyl sites for hydroxylation is 1. The summed E-state index contributed by atoms with van der Waals surface area (Å²) in [5.41, 5.74) is 4.64. The van der Waals surface area contributed by atoms with Gasteiger partial charge in [0.1, 0.15) is 17.3 Å². The zero-order valence-corrected chi connectivity index (χ0v) is 16.4. The molecule has 0 spiro atoms. The number of carbonyl (C=O) groups is 1. The minimum absolute atomic E-state index is 0.130. The Balaban J connectivity index is 1.47. The van der Waals surface area contributed by atoms with Gasteiger partial charge >= 0.3 is 0 Å². The predicted molar refractivity (Wildman–Crippen MR) is 112 cm³/mol. The van der Waals surface area contributed by atoms with Crippen LogP contribution in [0, 0.1) is 6.92 Å². The lowest BCUT2D eigenvalue weighted by Gasteiger charge is -2.19. The lowest BCUT2D eigenvalue weighted by Crippen LogP contribution is -2.33. The third-order valence-electron chi connectivity index (χ3n) is 4.96. The summed E-state index contributed by atoms with van der Waals surface area (Å²) in [6, 6.07) is 14.7. The maximum absolute atomic E-state index is 12.9. The Bertz CT molecular complexity index is 1160. The van der Waals surface area contributed by atoms with Gasteiger partial charge in [0.15, 0.2) is 0 Å². The Morgan fingerprint density at radius 3 is 2.79 bits per heavy atom. The van der Waals surface area contributed by atoms with Gasteiger partial charge in [-0.3, -0.25) is 9.89 Å². The lowest BCUT2D eigenvalue weighted by molar-refractivity contribution is 0.0759. The molecule has 0 radical (unpaired) electrons. The molecule has 2 aromatic carbocycles. The molecular weight excluding hydrogens is 366 g/mol. The van der Waals surface area contributed by atoms with Crippen molar-refractivity contribution >= 4 is 16.9 Å². The molecule has 2 heterocycles. The van der Waals surface area contributed by atoms with Crippen LogP contribution in [0.25, 0.3) is 22.3 Å². The van der Waals surface area contributed by atoms with Crippen LogP contribution in [0.2, 0.25) is 0 Å². The van der Waals surface area contributed by atoms with E-state index in [1.54, 1.807) is 29.2 Å². The number of phenols is 1. The molecule has 148 valence electrons. The standard InChI is InChI=1S/C22H23N5O2/c1-3-27(11-10-21-23-16-9-8-14(2)12-18(16)24-21)22(29)19-13-17(25-26-19)15-6-4-5-7-20(15)28/h4-9,12-13,28H,3,10-11H2,1-2H3,(H,23,24)(H,25,26). The number of amides is 1. The molecule has 1 amide bonds. The monoisotopic (exact) mass is 389 g/mol. The number of para-hydroxylation sites is 1. The predicted octanol–water partition coefficient (Wildman–Crippen LogP) is 3.67. The van der Waals surface area contributed by atoms with Crippen LogP contribution in [-0.2, 0) is 6.42 Å². The largest absolute Gasteiger partial charge is 0.507 e. The van der Waals surface area contributed by atoms with Gasteiger partial charge in [-0.15, -0.1) is 0 Å². The van der Waals surface area contributed by atoms with E-state index in [1.807, 2.05) is 32.0 Å². The minimum atomic E-state index is -0.131. The average molecular weight is 389 g/mol. The van der Waals surface area contributed by atoms with Crippen LogP contribution in [0.1, 0.15) is 28.8 Å². The van der Waals surface area contributed by atoms with Gasteiger partial charge in [0.05, 0.1) is 16.7 Å². The number of likely N-dealkylation sites (N-methyl/N-ethyl adjacent to an activating group) is 1. The van der Waals surface area contributed by atoms with Crippen molar-refractivity contribution in [2.24, 2.45) is 0 Å². The third-order valence-corrected chi connectivity index (χ3v) is 4.96. The number of hydrogen-bond acceptors (Lipinski definition) is 4. The zero-order valence-electron chi connectivity index (χ0n) is 16.4. The normalized spacial score (nSPS) is 11.1. The van der Waals surface area contributed by atoms with Crippen LogP contribution < -0.4 is 0 Å². The fourth-order valence-corrected chi connectivity index (χ4v) is 3.37. The average Bonchev–Trinajstić information content (AvgIpc) is 3.35. The first kappa shape index (κ1) is 18.7. The van der Waals surface area contributed by atoms with Crippen LogP contribution in [0.15, 0.2) is 48.5 Å². The SMILES string of the molecule is CCN(CCc1nc2ccc(C)cc2[nH]1)C(=O)c1cc(-c2ccccc2O)n[nH]1. The molecule has 7 nitrogen and oxygen atoms in total. The molecule has 4 aromatic rings. The highest BCUT2D eigenvalue weighted by Gasteiger charge is 2.18. The van der Waals surface area contributed by atoms with E-state index in [-0.39, 0.29) is 11.7 Å². The van der Waals surface area contributed by atoms with E-state index >= 15 is 0 Å². The summed E-state index contributed by atoms with van der Waals surface area (Å²) in [7, 11) is 0. The highest BCUT2D eigenvalue weighted by molar-refractivity contribution is 5.93. The van der Waals surface area contributed by atoms with E-state index in [0.717, 1.165) is 16.9 Å². The molecule has 3 N–H and O–H groups in total. The second-order valence-electron chi connectivity index (χ2n) is 7.02. The molecule has 29 heavy (non-hydrogen) atoms. The topological polar surface area (TPSA) is 97.9 Å². The van der Waals surface area contributed by atoms with Gasteiger partial charge in [-0.05, 0) is 49.7 Å². The van der Waals surface area contributed by atoms with E-state index in [4.69, 9.17) is 0 Å². The van der Waals surface area contributed by atoms with Crippen molar-refractivity contribution in [2.45, 2.75) is 20.3 Å². The first-order chi connectivity index (χ1) is 14.0. The van der Waals surface area contributed by atoms with Crippen LogP contribution in [0.3, 0.4) is 0 Å². The van der Waals surface area contributed by atoms with Crippen LogP contribution in [0.5, 0.6) is 5.75 Å². The molecule has 0 fully saturated rings. The van der Waals surface area contributed by atoms with Gasteiger partial charge in [-0.2, -0.15) is 5.10 Å². The van der Waals surface area contributed by atoms with E-state index in [2.05, 4.69) is 26.2 Å². The molecule has 4 rings (SSSR count). The van der Waals surface area contributed by atoms with Gasteiger partial charge in [0.25, 0.3) is 5.91 Å². The van der Waals surface area contributed by atoms with Crippen molar-refractivity contribution in [2.75, 3.05) is 13.1 Å². The van der Waals surface area contributed by atoms with Crippen molar-refractivity contribution in [3.8, 4) is 17.0 Å². The summed E-state index contributed by atoms with van der Waals surface area (Å²) >= 11 is 0. The van der Waals surface area contributed by atoms with E-state index in [1.165, 1.54) is 5.56 Å². The van der Waals surface area contributed by atoms with Crippen molar-refractivity contribution in [1.29, 1.82) is 0 Å². The lowest BCUT2D eigenvalue weighted by atomic mass is 10.1. The maximum atomic E-state index is 12.9. The van der Waals surface area contributed by atoms with E-state index < -0.39 is 0 Å². The number of aromatic hydroxyl groups is 1. The Labute approximate surface area is 168 Å². The van der Waals surface area contributed by atoms with Gasteiger partial charge < -0.3 is 15.0 Å². The number of aromatic amines is 2. The zero-order chi connectivity index (χ0) is 20.4. The second-order valence-corrected chi connectivity index (χ2v) is 7.02. The molecule has 0 atom stereocenters. The summed E-state index contributed by atoms with van der Waals surface area (Å²) in [4.78, 5) is 22.6. The summed E-state index contributed by atoms with van der Waals surface area (Å²) in [6.45, 7) is 5.10. The molecule has 0 aliphatic carbocycles. The Morgan fingerprint density at radius 2 is 2.00 bits per heavy atom. The molecule has 0 aliphatic heterocycles. The number of nitrogens with one attached hydrogen (secondary N) is 2. The minimum Gasteiger partial charge on any atom is -0.507 e. The number of imidazole rings is 1. The number of aromatic nitrogens is 4.